The van der Waals surface area contributed by atoms with E-state index in [1.165, 1.54) is 63.4 Å². The summed E-state index contributed by atoms with van der Waals surface area (Å²) in [5.41, 5.74) is 1.76. The van der Waals surface area contributed by atoms with Crippen LogP contribution in [0.3, 0.4) is 0 Å². The number of carbonyl (C=O) groups is 3. The Morgan fingerprint density at radius 2 is 1.33 bits per heavy atom. The number of nitrogens with one attached hydrogen (secondary N) is 3. The van der Waals surface area contributed by atoms with E-state index in [0.717, 1.165) is 4.90 Å². The highest BCUT2D eigenvalue weighted by Crippen LogP contribution is 2.35. The zero-order chi connectivity index (χ0) is 32.3. The van der Waals surface area contributed by atoms with Crippen LogP contribution >= 0.6 is 11.8 Å². The van der Waals surface area contributed by atoms with Crippen molar-refractivity contribution in [2.24, 2.45) is 0 Å². The first kappa shape index (κ1) is 32.6. The number of methoxy groups -OCH3 is 3. The van der Waals surface area contributed by atoms with E-state index >= 15 is 0 Å². The smallest absolute Gasteiger partial charge is 0.272 e. The third-order valence-electron chi connectivity index (χ3n) is 6.47. The van der Waals surface area contributed by atoms with Gasteiger partial charge >= 0.3 is 0 Å². The van der Waals surface area contributed by atoms with Gasteiger partial charge in [-0.3, -0.25) is 14.4 Å². The van der Waals surface area contributed by atoms with Crippen LogP contribution in [0.15, 0.2) is 102 Å². The van der Waals surface area contributed by atoms with Gasteiger partial charge in [0, 0.05) is 33.5 Å². The molecule has 1 atom stereocenters. The third-order valence-corrected chi connectivity index (χ3v) is 7.58. The topological polar surface area (TPSA) is 115 Å². The molecule has 4 aromatic rings. The lowest BCUT2D eigenvalue weighted by atomic mass is 10.1. The molecule has 232 valence electrons. The molecule has 11 heteroatoms. The Bertz CT molecular complexity index is 1680. The Morgan fingerprint density at radius 3 is 1.96 bits per heavy atom. The molecular weight excluding hydrogens is 597 g/mol. The van der Waals surface area contributed by atoms with Gasteiger partial charge in [-0.15, -0.1) is 11.8 Å². The normalized spacial score (nSPS) is 11.6. The molecule has 0 fully saturated rings. The van der Waals surface area contributed by atoms with Gasteiger partial charge in [-0.2, -0.15) is 0 Å². The van der Waals surface area contributed by atoms with Gasteiger partial charge in [0.15, 0.2) is 11.5 Å². The lowest BCUT2D eigenvalue weighted by Crippen LogP contribution is -2.30. The van der Waals surface area contributed by atoms with Crippen molar-refractivity contribution in [2.45, 2.75) is 17.1 Å². The van der Waals surface area contributed by atoms with Crippen LogP contribution in [-0.2, 0) is 9.59 Å². The molecule has 0 saturated heterocycles. The fraction of sp³-hybridized carbons (Fsp3) is 0.147. The number of benzene rings is 4. The first-order valence-corrected chi connectivity index (χ1v) is 14.6. The first-order chi connectivity index (χ1) is 21.7. The molecule has 3 amide bonds. The molecule has 0 bridgehead atoms. The summed E-state index contributed by atoms with van der Waals surface area (Å²) >= 11 is 1.32. The fourth-order valence-electron chi connectivity index (χ4n) is 4.11. The largest absolute Gasteiger partial charge is 0.496 e. The number of amides is 3. The summed E-state index contributed by atoms with van der Waals surface area (Å²) in [6.07, 6.45) is 1.49. The van der Waals surface area contributed by atoms with Crippen molar-refractivity contribution in [3.05, 3.63) is 114 Å². The summed E-state index contributed by atoms with van der Waals surface area (Å²) in [5, 5.41) is 7.83. The van der Waals surface area contributed by atoms with Crippen LogP contribution in [0.1, 0.15) is 22.8 Å². The molecule has 0 heterocycles. The van der Waals surface area contributed by atoms with E-state index in [4.69, 9.17) is 14.2 Å². The molecule has 4 rings (SSSR count). The van der Waals surface area contributed by atoms with E-state index in [2.05, 4.69) is 16.0 Å². The minimum atomic E-state index is -0.580. The van der Waals surface area contributed by atoms with Crippen LogP contribution < -0.4 is 30.2 Å². The highest BCUT2D eigenvalue weighted by molar-refractivity contribution is 8.00. The second-order valence-electron chi connectivity index (χ2n) is 9.56. The van der Waals surface area contributed by atoms with Crippen molar-refractivity contribution in [3.63, 3.8) is 0 Å². The Hall–Kier alpha value is -5.29. The number of halogens is 1. The van der Waals surface area contributed by atoms with Crippen molar-refractivity contribution in [1.29, 1.82) is 0 Å². The predicted molar refractivity (Wildman–Crippen MR) is 173 cm³/mol. The van der Waals surface area contributed by atoms with E-state index < -0.39 is 17.1 Å². The molecule has 4 aromatic carbocycles. The molecule has 0 aromatic heterocycles. The Labute approximate surface area is 264 Å². The van der Waals surface area contributed by atoms with Crippen molar-refractivity contribution in [1.82, 2.24) is 5.32 Å². The minimum absolute atomic E-state index is 0.0427. The quantitative estimate of drug-likeness (QED) is 0.123. The van der Waals surface area contributed by atoms with Crippen LogP contribution in [0.5, 0.6) is 17.2 Å². The van der Waals surface area contributed by atoms with Crippen LogP contribution in [0, 0.1) is 5.82 Å². The number of carbonyl (C=O) groups excluding carboxylic acids is 3. The highest BCUT2D eigenvalue weighted by Gasteiger charge is 2.19. The molecular formula is C34H32FN3O6S. The second-order valence-corrected chi connectivity index (χ2v) is 11.0. The van der Waals surface area contributed by atoms with Gasteiger partial charge in [0.1, 0.15) is 17.3 Å². The highest BCUT2D eigenvalue weighted by atomic mass is 32.2. The van der Waals surface area contributed by atoms with Crippen LogP contribution in [0.2, 0.25) is 0 Å². The third kappa shape index (κ3) is 8.87. The Morgan fingerprint density at radius 1 is 0.756 bits per heavy atom. The van der Waals surface area contributed by atoms with Crippen molar-refractivity contribution in [2.75, 3.05) is 32.0 Å². The summed E-state index contributed by atoms with van der Waals surface area (Å²) in [6.45, 7) is 1.76. The lowest BCUT2D eigenvalue weighted by molar-refractivity contribution is -0.115. The summed E-state index contributed by atoms with van der Waals surface area (Å²) in [6, 6.07) is 24.2. The molecule has 45 heavy (non-hydrogen) atoms. The summed E-state index contributed by atoms with van der Waals surface area (Å²) in [7, 11) is 4.47. The van der Waals surface area contributed by atoms with Gasteiger partial charge in [0.25, 0.3) is 11.8 Å². The Balaban J connectivity index is 1.52. The van der Waals surface area contributed by atoms with Crippen molar-refractivity contribution >= 4 is 46.9 Å². The monoisotopic (exact) mass is 629 g/mol. The van der Waals surface area contributed by atoms with E-state index in [1.807, 2.05) is 0 Å². The maximum absolute atomic E-state index is 13.5. The van der Waals surface area contributed by atoms with Crippen LogP contribution in [-0.4, -0.2) is 44.3 Å². The summed E-state index contributed by atoms with van der Waals surface area (Å²) < 4.78 is 29.4. The molecule has 0 aliphatic rings. The number of anilines is 2. The van der Waals surface area contributed by atoms with E-state index in [9.17, 15) is 18.8 Å². The molecule has 0 aliphatic carbocycles. The molecule has 3 N–H and O–H groups in total. The molecule has 0 radical (unpaired) electrons. The number of hydrogen-bond donors (Lipinski definition) is 3. The second kappa shape index (κ2) is 15.4. The SMILES string of the molecule is COc1cc(OC)c(OC)cc1/C=C(\NC(=O)c1ccccc1)C(=O)Nc1ccc(SC(C)C(=O)Nc2ccc(F)cc2)cc1. The van der Waals surface area contributed by atoms with E-state index in [1.54, 1.807) is 73.7 Å². The van der Waals surface area contributed by atoms with Gasteiger partial charge in [-0.05, 0) is 79.7 Å². The van der Waals surface area contributed by atoms with E-state index in [-0.39, 0.29) is 17.4 Å². The zero-order valence-electron chi connectivity index (χ0n) is 25.1. The summed E-state index contributed by atoms with van der Waals surface area (Å²) in [5.74, 6) is -0.438. The minimum Gasteiger partial charge on any atom is -0.496 e. The van der Waals surface area contributed by atoms with Crippen LogP contribution in [0.25, 0.3) is 6.08 Å². The summed E-state index contributed by atoms with van der Waals surface area (Å²) in [4.78, 5) is 40.0. The van der Waals surface area contributed by atoms with Crippen LogP contribution in [0.4, 0.5) is 15.8 Å². The lowest BCUT2D eigenvalue weighted by Gasteiger charge is -2.15. The van der Waals surface area contributed by atoms with Crippen molar-refractivity contribution < 1.29 is 33.0 Å². The first-order valence-electron chi connectivity index (χ1n) is 13.7. The molecule has 1 unspecified atom stereocenters. The standard InChI is InChI=1S/C34H32FN3O6S/c1-21(32(39)36-25-12-10-24(35)11-13-25)45-27-16-14-26(15-17-27)37-34(41)28(38-33(40)22-8-6-5-7-9-22)18-23-19-30(43-3)31(44-4)20-29(23)42-2/h5-21H,1-4H3,(H,36,39)(H,37,41)(H,38,40)/b28-18-. The van der Waals surface area contributed by atoms with Gasteiger partial charge in [-0.1, -0.05) is 18.2 Å². The molecule has 9 nitrogen and oxygen atoms in total. The van der Waals surface area contributed by atoms with E-state index in [0.29, 0.717) is 39.8 Å². The molecule has 0 saturated carbocycles. The average Bonchev–Trinajstić information content (AvgIpc) is 3.06. The predicted octanol–water partition coefficient (Wildman–Crippen LogP) is 6.38. The zero-order valence-corrected chi connectivity index (χ0v) is 25.9. The van der Waals surface area contributed by atoms with Gasteiger partial charge in [-0.25, -0.2) is 4.39 Å². The maximum Gasteiger partial charge on any atom is 0.272 e. The molecule has 0 spiro atoms. The number of thioether (sulfide) groups is 1. The average molecular weight is 630 g/mol. The molecule has 0 aliphatic heterocycles. The number of ether oxygens (including phenoxy) is 3. The van der Waals surface area contributed by atoms with Gasteiger partial charge in [0.05, 0.1) is 26.6 Å². The Kier molecular flexibility index (Phi) is 11.2. The van der Waals surface area contributed by atoms with Crippen molar-refractivity contribution in [3.8, 4) is 17.2 Å². The number of hydrogen-bond acceptors (Lipinski definition) is 7. The number of rotatable bonds is 12. The van der Waals surface area contributed by atoms with Gasteiger partial charge in [0.2, 0.25) is 5.91 Å². The maximum atomic E-state index is 13.5. The van der Waals surface area contributed by atoms with Gasteiger partial charge < -0.3 is 30.2 Å². The fourth-order valence-corrected chi connectivity index (χ4v) is 4.98.